The van der Waals surface area contributed by atoms with Gasteiger partial charge in [-0.1, -0.05) is 51.1 Å². The molecule has 1 aliphatic rings. The number of nitrogens with zero attached hydrogens (tertiary/aromatic N) is 3. The maximum Gasteiger partial charge on any atom is 0.255 e. The Morgan fingerprint density at radius 2 is 1.86 bits per heavy atom. The monoisotopic (exact) mass is 671 g/mol. The summed E-state index contributed by atoms with van der Waals surface area (Å²) >= 11 is 5.35. The Bertz CT molecular complexity index is 1440. The lowest BCUT2D eigenvalue weighted by atomic mass is 9.94. The smallest absolute Gasteiger partial charge is 0.255 e. The number of ether oxygens (including phenoxy) is 3. The van der Waals surface area contributed by atoms with Crippen molar-refractivity contribution in [1.82, 2.24) is 14.8 Å². The molecule has 0 bridgehead atoms. The Labute approximate surface area is 267 Å². The molecule has 1 aromatic heterocycles. The molecule has 4 rings (SSSR count). The van der Waals surface area contributed by atoms with Crippen LogP contribution in [0, 0.1) is 5.92 Å². The largest absolute Gasteiger partial charge is 0.492 e. The molecule has 0 saturated heterocycles. The van der Waals surface area contributed by atoms with Crippen molar-refractivity contribution in [1.29, 1.82) is 0 Å². The van der Waals surface area contributed by atoms with Gasteiger partial charge in [-0.2, -0.15) is 4.98 Å². The number of allylic oxidation sites excluding steroid dienone is 1. The van der Waals surface area contributed by atoms with Gasteiger partial charge in [0.1, 0.15) is 11.8 Å². The van der Waals surface area contributed by atoms with Crippen molar-refractivity contribution in [3.63, 3.8) is 0 Å². The van der Waals surface area contributed by atoms with Gasteiger partial charge in [-0.25, -0.2) is 4.68 Å². The summed E-state index contributed by atoms with van der Waals surface area (Å²) in [6.07, 6.45) is 3.08. The molecule has 0 spiro atoms. The molecule has 1 atom stereocenters. The number of benzene rings is 2. The van der Waals surface area contributed by atoms with Crippen molar-refractivity contribution in [2.45, 2.75) is 72.0 Å². The summed E-state index contributed by atoms with van der Waals surface area (Å²) in [5.74, 6) is 3.60. The van der Waals surface area contributed by atoms with Crippen molar-refractivity contribution in [3.8, 4) is 17.2 Å². The van der Waals surface area contributed by atoms with Crippen molar-refractivity contribution in [2.24, 2.45) is 5.92 Å². The van der Waals surface area contributed by atoms with Gasteiger partial charge in [0.05, 0.1) is 35.6 Å². The molecule has 0 radical (unpaired) electrons. The molecule has 0 saturated carbocycles. The molecule has 232 valence electrons. The van der Waals surface area contributed by atoms with E-state index in [0.717, 1.165) is 35.1 Å². The zero-order valence-electron chi connectivity index (χ0n) is 25.8. The van der Waals surface area contributed by atoms with Gasteiger partial charge >= 0.3 is 0 Å². The molecule has 1 amide bonds. The van der Waals surface area contributed by atoms with Gasteiger partial charge in [-0.3, -0.25) is 4.79 Å². The summed E-state index contributed by atoms with van der Waals surface area (Å²) in [6, 6.07) is 10.8. The van der Waals surface area contributed by atoms with E-state index in [2.05, 4.69) is 47.3 Å². The number of aromatic nitrogens is 3. The van der Waals surface area contributed by atoms with E-state index in [1.807, 2.05) is 57.2 Å². The normalized spacial score (nSPS) is 14.4. The van der Waals surface area contributed by atoms with E-state index < -0.39 is 6.04 Å². The number of unbranched alkanes of at least 4 members (excludes halogenated alkanes) is 1. The molecule has 2 N–H and O–H groups in total. The fraction of sp³-hybridized carbons (Fsp3) is 0.469. The lowest BCUT2D eigenvalue weighted by Crippen LogP contribution is -2.31. The van der Waals surface area contributed by atoms with Crippen LogP contribution in [0.1, 0.15) is 72.4 Å². The summed E-state index contributed by atoms with van der Waals surface area (Å²) in [4.78, 5) is 18.9. The molecule has 2 aromatic carbocycles. The topological polar surface area (TPSA) is 99.5 Å². The number of carbonyl (C=O) groups is 1. The average Bonchev–Trinajstić information content (AvgIpc) is 3.37. The van der Waals surface area contributed by atoms with E-state index in [1.54, 1.807) is 16.4 Å². The highest BCUT2D eigenvalue weighted by Crippen LogP contribution is 2.43. The Hall–Kier alpha value is -3.18. The van der Waals surface area contributed by atoms with Gasteiger partial charge in [0.2, 0.25) is 11.1 Å². The van der Waals surface area contributed by atoms with Crippen molar-refractivity contribution in [3.05, 3.63) is 57.7 Å². The standard InChI is InChI=1S/C32H42BrN5O4S/c1-7-10-17-43-32-36-31-34-21(6)27(30(39)35-24-13-11-12-14-25(24)40-8-2)28(38(31)37-32)22-18-23(33)29(26(19-22)41-9-3)42-16-15-20(4)5/h11-14,18-20,28H,7-10,15-17H2,1-6H3,(H,35,39)(H,34,36,37). The summed E-state index contributed by atoms with van der Waals surface area (Å²) in [5, 5.41) is 11.9. The van der Waals surface area contributed by atoms with Crippen molar-refractivity contribution < 1.29 is 19.0 Å². The first-order valence-electron chi connectivity index (χ1n) is 15.0. The summed E-state index contributed by atoms with van der Waals surface area (Å²) < 4.78 is 20.6. The number of hydrogen-bond acceptors (Lipinski definition) is 8. The zero-order valence-corrected chi connectivity index (χ0v) is 28.2. The molecule has 2 heterocycles. The first-order valence-corrected chi connectivity index (χ1v) is 16.7. The van der Waals surface area contributed by atoms with Crippen LogP contribution in [0.5, 0.6) is 17.2 Å². The lowest BCUT2D eigenvalue weighted by Gasteiger charge is -2.29. The molecule has 3 aromatic rings. The Morgan fingerprint density at radius 1 is 1.12 bits per heavy atom. The van der Waals surface area contributed by atoms with E-state index in [0.29, 0.717) is 71.0 Å². The molecule has 1 aliphatic heterocycles. The SMILES string of the molecule is CCCCSc1nc2n(n1)C(c1cc(Br)c(OCCC(C)C)c(OCC)c1)C(C(=O)Nc1ccccc1OCC)=C(C)N2. The van der Waals surface area contributed by atoms with Crippen LogP contribution in [0.25, 0.3) is 0 Å². The third-order valence-electron chi connectivity index (χ3n) is 6.83. The van der Waals surface area contributed by atoms with E-state index >= 15 is 0 Å². The molecular weight excluding hydrogens is 630 g/mol. The lowest BCUT2D eigenvalue weighted by molar-refractivity contribution is -0.113. The van der Waals surface area contributed by atoms with Gasteiger partial charge in [0.25, 0.3) is 5.91 Å². The molecule has 11 heteroatoms. The van der Waals surface area contributed by atoms with Gasteiger partial charge in [0, 0.05) is 11.4 Å². The number of halogens is 1. The number of thioether (sulfide) groups is 1. The Balaban J connectivity index is 1.79. The van der Waals surface area contributed by atoms with E-state index in [1.165, 1.54) is 0 Å². The second-order valence-electron chi connectivity index (χ2n) is 10.6. The predicted octanol–water partition coefficient (Wildman–Crippen LogP) is 8.08. The average molecular weight is 673 g/mol. The van der Waals surface area contributed by atoms with E-state index in [9.17, 15) is 4.79 Å². The summed E-state index contributed by atoms with van der Waals surface area (Å²) in [5.41, 5.74) is 2.61. The number of carbonyl (C=O) groups excluding carboxylic acids is 1. The second-order valence-corrected chi connectivity index (χ2v) is 12.5. The molecule has 43 heavy (non-hydrogen) atoms. The molecule has 9 nitrogen and oxygen atoms in total. The predicted molar refractivity (Wildman–Crippen MR) is 177 cm³/mol. The highest BCUT2D eigenvalue weighted by molar-refractivity contribution is 9.10. The van der Waals surface area contributed by atoms with Crippen LogP contribution in [0.3, 0.4) is 0 Å². The third-order valence-corrected chi connectivity index (χ3v) is 8.34. The van der Waals surface area contributed by atoms with E-state index in [-0.39, 0.29) is 5.91 Å². The van der Waals surface area contributed by atoms with Crippen LogP contribution in [-0.2, 0) is 4.79 Å². The van der Waals surface area contributed by atoms with Crippen molar-refractivity contribution in [2.75, 3.05) is 36.2 Å². The quantitative estimate of drug-likeness (QED) is 0.124. The highest BCUT2D eigenvalue weighted by atomic mass is 79.9. The Morgan fingerprint density at radius 3 is 2.58 bits per heavy atom. The van der Waals surface area contributed by atoms with Crippen LogP contribution in [0.4, 0.5) is 11.6 Å². The van der Waals surface area contributed by atoms with Gasteiger partial charge < -0.3 is 24.8 Å². The van der Waals surface area contributed by atoms with Crippen molar-refractivity contribution >= 4 is 45.2 Å². The summed E-state index contributed by atoms with van der Waals surface area (Å²) in [6.45, 7) is 13.8. The molecular formula is C32H42BrN5O4S. The minimum absolute atomic E-state index is 0.269. The van der Waals surface area contributed by atoms with Crippen LogP contribution in [-0.4, -0.2) is 46.2 Å². The minimum Gasteiger partial charge on any atom is -0.492 e. The van der Waals surface area contributed by atoms with Crippen LogP contribution in [0.15, 0.2) is 57.3 Å². The van der Waals surface area contributed by atoms with Gasteiger partial charge in [0.15, 0.2) is 11.5 Å². The summed E-state index contributed by atoms with van der Waals surface area (Å²) in [7, 11) is 0. The number of nitrogens with one attached hydrogen (secondary N) is 2. The number of para-hydroxylation sites is 2. The van der Waals surface area contributed by atoms with Gasteiger partial charge in [-0.05, 0) is 85.3 Å². The van der Waals surface area contributed by atoms with Gasteiger partial charge in [-0.15, -0.1) is 5.10 Å². The Kier molecular flexibility index (Phi) is 11.8. The molecule has 0 aliphatic carbocycles. The number of hydrogen-bond donors (Lipinski definition) is 2. The minimum atomic E-state index is -0.580. The molecule has 0 fully saturated rings. The second kappa shape index (κ2) is 15.5. The number of anilines is 2. The fourth-order valence-electron chi connectivity index (χ4n) is 4.69. The number of rotatable bonds is 15. The molecule has 1 unspecified atom stereocenters. The zero-order chi connectivity index (χ0) is 30.9. The maximum atomic E-state index is 14.1. The third kappa shape index (κ3) is 8.06. The first kappa shape index (κ1) is 32.7. The fourth-order valence-corrected chi connectivity index (χ4v) is 6.18. The van der Waals surface area contributed by atoms with E-state index in [4.69, 9.17) is 24.3 Å². The number of fused-ring (bicyclic) bond motifs is 1. The number of amides is 1. The van der Waals surface area contributed by atoms with Crippen LogP contribution in [0.2, 0.25) is 0 Å². The van der Waals surface area contributed by atoms with Crippen LogP contribution < -0.4 is 24.8 Å². The first-order chi connectivity index (χ1) is 20.8. The highest BCUT2D eigenvalue weighted by Gasteiger charge is 2.36. The van der Waals surface area contributed by atoms with Crippen LogP contribution >= 0.6 is 27.7 Å². The maximum absolute atomic E-state index is 14.1.